The number of nitro groups is 1. The highest BCUT2D eigenvalue weighted by atomic mass is 32.2. The fraction of sp³-hybridized carbons (Fsp3) is 0.455. The quantitative estimate of drug-likeness (QED) is 0.576. The standard InChI is InChI=1S/C11H16N2O5S/c1-2-8-19(17,18)10-5-3-4-9(13(15)16)11(10)12-6-7-14/h3-5,12,14H,2,6-8H2,1H3. The van der Waals surface area contributed by atoms with E-state index in [2.05, 4.69) is 5.32 Å². The van der Waals surface area contributed by atoms with Crippen LogP contribution in [-0.4, -0.2) is 37.4 Å². The molecule has 0 bridgehead atoms. The maximum absolute atomic E-state index is 12.1. The van der Waals surface area contributed by atoms with E-state index in [1.807, 2.05) is 0 Å². The van der Waals surface area contributed by atoms with Crippen molar-refractivity contribution in [2.45, 2.75) is 18.2 Å². The van der Waals surface area contributed by atoms with Crippen molar-refractivity contribution in [1.29, 1.82) is 0 Å². The molecule has 0 saturated heterocycles. The molecule has 0 aliphatic carbocycles. The monoisotopic (exact) mass is 288 g/mol. The van der Waals surface area contributed by atoms with Crippen LogP contribution in [0, 0.1) is 10.1 Å². The zero-order valence-corrected chi connectivity index (χ0v) is 11.3. The summed E-state index contributed by atoms with van der Waals surface area (Å²) in [5.74, 6) is -0.0814. The third-order valence-corrected chi connectivity index (χ3v) is 4.38. The molecule has 0 aliphatic rings. The van der Waals surface area contributed by atoms with E-state index >= 15 is 0 Å². The molecule has 7 nitrogen and oxygen atoms in total. The number of anilines is 1. The van der Waals surface area contributed by atoms with Gasteiger partial charge in [0.2, 0.25) is 0 Å². The van der Waals surface area contributed by atoms with Crippen molar-refractivity contribution < 1.29 is 18.4 Å². The van der Waals surface area contributed by atoms with Crippen molar-refractivity contribution in [2.75, 3.05) is 24.2 Å². The summed E-state index contributed by atoms with van der Waals surface area (Å²) in [6, 6.07) is 3.90. The first kappa shape index (κ1) is 15.4. The maximum atomic E-state index is 12.1. The van der Waals surface area contributed by atoms with Crippen LogP contribution in [0.15, 0.2) is 23.1 Å². The van der Waals surface area contributed by atoms with Crippen molar-refractivity contribution in [3.05, 3.63) is 28.3 Å². The highest BCUT2D eigenvalue weighted by Crippen LogP contribution is 2.32. The predicted molar refractivity (Wildman–Crippen MR) is 71.0 cm³/mol. The Morgan fingerprint density at radius 1 is 1.42 bits per heavy atom. The van der Waals surface area contributed by atoms with Gasteiger partial charge < -0.3 is 10.4 Å². The molecule has 0 unspecified atom stereocenters. The van der Waals surface area contributed by atoms with E-state index in [1.165, 1.54) is 18.2 Å². The molecule has 0 spiro atoms. The molecule has 1 aromatic rings. The van der Waals surface area contributed by atoms with Crippen LogP contribution in [0.4, 0.5) is 11.4 Å². The molecule has 0 amide bonds. The molecule has 0 atom stereocenters. The van der Waals surface area contributed by atoms with Crippen molar-refractivity contribution in [3.8, 4) is 0 Å². The number of aliphatic hydroxyl groups is 1. The summed E-state index contributed by atoms with van der Waals surface area (Å²) >= 11 is 0. The van der Waals surface area contributed by atoms with Gasteiger partial charge in [0.05, 0.1) is 22.2 Å². The van der Waals surface area contributed by atoms with Gasteiger partial charge in [0.1, 0.15) is 5.69 Å². The number of hydrogen-bond donors (Lipinski definition) is 2. The number of nitro benzene ring substituents is 1. The largest absolute Gasteiger partial charge is 0.395 e. The lowest BCUT2D eigenvalue weighted by atomic mass is 10.2. The molecule has 2 N–H and O–H groups in total. The van der Waals surface area contributed by atoms with Gasteiger partial charge in [-0.1, -0.05) is 13.0 Å². The second-order valence-corrected chi connectivity index (χ2v) is 5.95. The summed E-state index contributed by atoms with van der Waals surface area (Å²) in [5.41, 5.74) is -0.374. The van der Waals surface area contributed by atoms with E-state index in [0.29, 0.717) is 6.42 Å². The van der Waals surface area contributed by atoms with Gasteiger partial charge in [-0.15, -0.1) is 0 Å². The van der Waals surface area contributed by atoms with Gasteiger partial charge in [0.15, 0.2) is 9.84 Å². The number of aliphatic hydroxyl groups excluding tert-OH is 1. The second kappa shape index (κ2) is 6.48. The minimum absolute atomic E-state index is 0.0412. The lowest BCUT2D eigenvalue weighted by Gasteiger charge is -2.11. The van der Waals surface area contributed by atoms with Crippen LogP contribution in [0.2, 0.25) is 0 Å². The zero-order valence-electron chi connectivity index (χ0n) is 10.5. The molecule has 0 aliphatic heterocycles. The number of para-hydroxylation sites is 1. The second-order valence-electron chi connectivity index (χ2n) is 3.88. The van der Waals surface area contributed by atoms with E-state index in [-0.39, 0.29) is 35.2 Å². The highest BCUT2D eigenvalue weighted by Gasteiger charge is 2.24. The van der Waals surface area contributed by atoms with E-state index in [0.717, 1.165) is 0 Å². The maximum Gasteiger partial charge on any atom is 0.293 e. The van der Waals surface area contributed by atoms with Gasteiger partial charge in [0, 0.05) is 12.6 Å². The van der Waals surface area contributed by atoms with Crippen molar-refractivity contribution in [1.82, 2.24) is 0 Å². The Morgan fingerprint density at radius 3 is 2.63 bits per heavy atom. The fourth-order valence-electron chi connectivity index (χ4n) is 1.67. The zero-order chi connectivity index (χ0) is 14.5. The van der Waals surface area contributed by atoms with Crippen LogP contribution in [0.1, 0.15) is 13.3 Å². The summed E-state index contributed by atoms with van der Waals surface area (Å²) in [6.45, 7) is 1.51. The highest BCUT2D eigenvalue weighted by molar-refractivity contribution is 7.91. The molecule has 106 valence electrons. The molecule has 0 fully saturated rings. The van der Waals surface area contributed by atoms with E-state index in [1.54, 1.807) is 6.92 Å². The van der Waals surface area contributed by atoms with Gasteiger partial charge in [-0.05, 0) is 12.5 Å². The average Bonchev–Trinajstić information content (AvgIpc) is 2.35. The first-order valence-electron chi connectivity index (χ1n) is 5.79. The van der Waals surface area contributed by atoms with E-state index < -0.39 is 14.8 Å². The van der Waals surface area contributed by atoms with Gasteiger partial charge in [-0.25, -0.2) is 8.42 Å². The normalized spacial score (nSPS) is 11.3. The predicted octanol–water partition coefficient (Wildman–Crippen LogP) is 1.18. The average molecular weight is 288 g/mol. The van der Waals surface area contributed by atoms with Crippen LogP contribution in [0.25, 0.3) is 0 Å². The Hall–Kier alpha value is -1.67. The minimum atomic E-state index is -3.58. The number of hydrogen-bond acceptors (Lipinski definition) is 6. The molecule has 19 heavy (non-hydrogen) atoms. The van der Waals surface area contributed by atoms with Gasteiger partial charge in [-0.2, -0.15) is 0 Å². The van der Waals surface area contributed by atoms with Crippen LogP contribution >= 0.6 is 0 Å². The summed E-state index contributed by atoms with van der Waals surface area (Å²) in [6.07, 6.45) is 0.421. The first-order valence-corrected chi connectivity index (χ1v) is 7.44. The molecule has 1 aromatic carbocycles. The van der Waals surface area contributed by atoms with Gasteiger partial charge in [-0.3, -0.25) is 10.1 Å². The molecule has 8 heteroatoms. The number of rotatable bonds is 7. The number of nitrogens with one attached hydrogen (secondary N) is 1. The van der Waals surface area contributed by atoms with Crippen LogP contribution in [-0.2, 0) is 9.84 Å². The Kier molecular flexibility index (Phi) is 5.25. The Bertz CT molecular complexity index is 556. The molecule has 0 aromatic heterocycles. The Balaban J connectivity index is 3.38. The number of benzene rings is 1. The van der Waals surface area contributed by atoms with E-state index in [9.17, 15) is 18.5 Å². The minimum Gasteiger partial charge on any atom is -0.395 e. The topological polar surface area (TPSA) is 110 Å². The van der Waals surface area contributed by atoms with E-state index in [4.69, 9.17) is 5.11 Å². The smallest absolute Gasteiger partial charge is 0.293 e. The van der Waals surface area contributed by atoms with Crippen molar-refractivity contribution in [3.63, 3.8) is 0 Å². The molecule has 0 radical (unpaired) electrons. The number of nitrogens with zero attached hydrogens (tertiary/aromatic N) is 1. The van der Waals surface area contributed by atoms with Crippen LogP contribution in [0.5, 0.6) is 0 Å². The van der Waals surface area contributed by atoms with Crippen molar-refractivity contribution >= 4 is 21.2 Å². The molecule has 0 heterocycles. The molecular weight excluding hydrogens is 272 g/mol. The lowest BCUT2D eigenvalue weighted by molar-refractivity contribution is -0.384. The van der Waals surface area contributed by atoms with Gasteiger partial charge >= 0.3 is 0 Å². The molecule has 1 rings (SSSR count). The third-order valence-electron chi connectivity index (χ3n) is 2.42. The number of sulfone groups is 1. The summed E-state index contributed by atoms with van der Waals surface area (Å²) in [5, 5.41) is 22.3. The van der Waals surface area contributed by atoms with Crippen LogP contribution < -0.4 is 5.32 Å². The molecular formula is C11H16N2O5S. The Labute approximate surface area is 111 Å². The Morgan fingerprint density at radius 2 is 2.11 bits per heavy atom. The van der Waals surface area contributed by atoms with Crippen molar-refractivity contribution in [2.24, 2.45) is 0 Å². The SMILES string of the molecule is CCCS(=O)(=O)c1cccc([N+](=O)[O-])c1NCCO. The summed E-state index contributed by atoms with van der Waals surface area (Å²) in [4.78, 5) is 10.2. The lowest BCUT2D eigenvalue weighted by Crippen LogP contribution is -2.14. The third kappa shape index (κ3) is 3.65. The van der Waals surface area contributed by atoms with Gasteiger partial charge in [0.25, 0.3) is 5.69 Å². The fourth-order valence-corrected chi connectivity index (χ4v) is 3.20. The summed E-state index contributed by atoms with van der Waals surface area (Å²) in [7, 11) is -3.58. The first-order chi connectivity index (χ1) is 8.94. The summed E-state index contributed by atoms with van der Waals surface area (Å²) < 4.78 is 24.1. The van der Waals surface area contributed by atoms with Crippen LogP contribution in [0.3, 0.4) is 0 Å². The molecule has 0 saturated carbocycles.